The summed E-state index contributed by atoms with van der Waals surface area (Å²) in [7, 11) is 0. The Hall–Kier alpha value is -2.73. The van der Waals surface area contributed by atoms with Gasteiger partial charge in [-0.15, -0.1) is 0 Å². The molecule has 0 unspecified atom stereocenters. The third-order valence-corrected chi connectivity index (χ3v) is 5.29. The molecule has 28 heavy (non-hydrogen) atoms. The molecule has 0 spiro atoms. The number of carbonyl (C=O) groups excluding carboxylic acids is 1. The third-order valence-electron chi connectivity index (χ3n) is 5.29. The van der Waals surface area contributed by atoms with Crippen LogP contribution in [0.5, 0.6) is 0 Å². The normalized spacial score (nSPS) is 15.8. The average molecular weight is 384 g/mol. The summed E-state index contributed by atoms with van der Waals surface area (Å²) in [6.45, 7) is 5.35. The van der Waals surface area contributed by atoms with Gasteiger partial charge < -0.3 is 9.32 Å². The molecule has 2 aromatic carbocycles. The minimum Gasteiger partial charge on any atom is -0.451 e. The number of aryl methyl sites for hydroxylation is 1. The molecule has 6 heteroatoms. The summed E-state index contributed by atoms with van der Waals surface area (Å²) in [4.78, 5) is 17.1. The van der Waals surface area contributed by atoms with Crippen molar-refractivity contribution in [1.29, 1.82) is 0 Å². The predicted molar refractivity (Wildman–Crippen MR) is 103 cm³/mol. The molecule has 1 fully saturated rings. The van der Waals surface area contributed by atoms with Gasteiger partial charge in [0.1, 0.15) is 17.2 Å². The van der Waals surface area contributed by atoms with Gasteiger partial charge in [0.15, 0.2) is 5.76 Å². The summed E-state index contributed by atoms with van der Waals surface area (Å²) in [5.41, 5.74) is 2.25. The van der Waals surface area contributed by atoms with Crippen molar-refractivity contribution in [2.75, 3.05) is 26.2 Å². The molecule has 0 radical (unpaired) electrons. The van der Waals surface area contributed by atoms with E-state index >= 15 is 0 Å². The predicted octanol–water partition coefficient (Wildman–Crippen LogP) is 4.37. The highest BCUT2D eigenvalue weighted by molar-refractivity contribution is 5.98. The number of hydrogen-bond acceptors (Lipinski definition) is 3. The quantitative estimate of drug-likeness (QED) is 0.673. The fourth-order valence-electron chi connectivity index (χ4n) is 3.72. The zero-order valence-corrected chi connectivity index (χ0v) is 15.8. The highest BCUT2D eigenvalue weighted by Crippen LogP contribution is 2.27. The molecule has 2 heterocycles. The largest absolute Gasteiger partial charge is 0.451 e. The zero-order valence-electron chi connectivity index (χ0n) is 15.8. The lowest BCUT2D eigenvalue weighted by Crippen LogP contribution is -2.35. The van der Waals surface area contributed by atoms with Crippen molar-refractivity contribution in [2.24, 2.45) is 0 Å². The van der Waals surface area contributed by atoms with Gasteiger partial charge in [0.2, 0.25) is 0 Å². The van der Waals surface area contributed by atoms with Gasteiger partial charge in [-0.2, -0.15) is 0 Å². The molecule has 0 bridgehead atoms. The fraction of sp³-hybridized carbons (Fsp3) is 0.318. The van der Waals surface area contributed by atoms with Gasteiger partial charge in [-0.25, -0.2) is 8.78 Å². The van der Waals surface area contributed by atoms with Gasteiger partial charge in [-0.05, 0) is 49.2 Å². The molecule has 1 aliphatic heterocycles. The van der Waals surface area contributed by atoms with Crippen molar-refractivity contribution in [1.82, 2.24) is 9.80 Å². The third kappa shape index (κ3) is 3.78. The molecule has 1 saturated heterocycles. The van der Waals surface area contributed by atoms with Crippen LogP contribution in [0.1, 0.15) is 28.1 Å². The summed E-state index contributed by atoms with van der Waals surface area (Å²) < 4.78 is 32.3. The summed E-state index contributed by atoms with van der Waals surface area (Å²) in [6.07, 6.45) is 0.848. The molecular formula is C22H22F2N2O2. The Morgan fingerprint density at radius 2 is 1.75 bits per heavy atom. The van der Waals surface area contributed by atoms with Crippen molar-refractivity contribution in [2.45, 2.75) is 19.9 Å². The fourth-order valence-corrected chi connectivity index (χ4v) is 3.72. The van der Waals surface area contributed by atoms with Crippen LogP contribution in [-0.4, -0.2) is 41.9 Å². The van der Waals surface area contributed by atoms with E-state index < -0.39 is 0 Å². The first-order chi connectivity index (χ1) is 13.5. The van der Waals surface area contributed by atoms with E-state index in [2.05, 4.69) is 4.90 Å². The number of benzene rings is 2. The van der Waals surface area contributed by atoms with E-state index in [0.29, 0.717) is 29.6 Å². The van der Waals surface area contributed by atoms with E-state index in [0.717, 1.165) is 31.6 Å². The Labute approximate surface area is 162 Å². The molecule has 1 aliphatic rings. The summed E-state index contributed by atoms with van der Waals surface area (Å²) in [5.74, 6) is -0.454. The van der Waals surface area contributed by atoms with Crippen LogP contribution in [0, 0.1) is 18.6 Å². The first kappa shape index (κ1) is 18.6. The van der Waals surface area contributed by atoms with Gasteiger partial charge in [0, 0.05) is 43.7 Å². The van der Waals surface area contributed by atoms with Crippen LogP contribution >= 0.6 is 0 Å². The van der Waals surface area contributed by atoms with Crippen molar-refractivity contribution in [3.8, 4) is 0 Å². The monoisotopic (exact) mass is 384 g/mol. The highest BCUT2D eigenvalue weighted by Gasteiger charge is 2.25. The summed E-state index contributed by atoms with van der Waals surface area (Å²) in [5, 5.41) is 0.635. The number of amides is 1. The van der Waals surface area contributed by atoms with Crippen molar-refractivity contribution in [3.63, 3.8) is 0 Å². The molecular weight excluding hydrogens is 362 g/mol. The molecule has 1 amide bonds. The minimum absolute atomic E-state index is 0.155. The standard InChI is InChI=1S/C22H22F2N2O2/c1-15-19-13-18(24)7-8-20(19)28-21(15)22(27)26-10-2-9-25(11-12-26)14-16-3-5-17(23)6-4-16/h3-8,13H,2,9-12,14H2,1H3. The Morgan fingerprint density at radius 3 is 2.54 bits per heavy atom. The molecule has 4 nitrogen and oxygen atoms in total. The van der Waals surface area contributed by atoms with Gasteiger partial charge in [0.25, 0.3) is 5.91 Å². The topological polar surface area (TPSA) is 36.7 Å². The smallest absolute Gasteiger partial charge is 0.289 e. The van der Waals surface area contributed by atoms with Crippen molar-refractivity contribution in [3.05, 3.63) is 71.0 Å². The minimum atomic E-state index is -0.346. The Balaban J connectivity index is 1.46. The van der Waals surface area contributed by atoms with Gasteiger partial charge in [-0.3, -0.25) is 9.69 Å². The lowest BCUT2D eigenvalue weighted by atomic mass is 10.1. The number of nitrogens with zero attached hydrogens (tertiary/aromatic N) is 2. The van der Waals surface area contributed by atoms with Crippen LogP contribution < -0.4 is 0 Å². The zero-order chi connectivity index (χ0) is 19.7. The number of halogens is 2. The molecule has 0 N–H and O–H groups in total. The lowest BCUT2D eigenvalue weighted by Gasteiger charge is -2.21. The van der Waals surface area contributed by atoms with Gasteiger partial charge in [0.05, 0.1) is 0 Å². The van der Waals surface area contributed by atoms with Crippen LogP contribution in [0.25, 0.3) is 11.0 Å². The molecule has 1 aromatic heterocycles. The highest BCUT2D eigenvalue weighted by atomic mass is 19.1. The second-order valence-electron chi connectivity index (χ2n) is 7.25. The maximum atomic E-state index is 13.5. The van der Waals surface area contributed by atoms with Crippen LogP contribution in [0.4, 0.5) is 8.78 Å². The number of rotatable bonds is 3. The summed E-state index contributed by atoms with van der Waals surface area (Å²) in [6, 6.07) is 10.8. The van der Waals surface area contributed by atoms with E-state index in [1.165, 1.54) is 24.3 Å². The molecule has 0 aliphatic carbocycles. The maximum Gasteiger partial charge on any atom is 0.289 e. The van der Waals surface area contributed by atoms with Crippen LogP contribution in [0.3, 0.4) is 0 Å². The Kier molecular flexibility index (Phi) is 5.13. The van der Waals surface area contributed by atoms with Crippen LogP contribution in [0.2, 0.25) is 0 Å². The van der Waals surface area contributed by atoms with E-state index in [1.807, 2.05) is 0 Å². The second-order valence-corrected chi connectivity index (χ2v) is 7.25. The number of fused-ring (bicyclic) bond motifs is 1. The van der Waals surface area contributed by atoms with Gasteiger partial charge in [-0.1, -0.05) is 12.1 Å². The maximum absolute atomic E-state index is 13.5. The second kappa shape index (κ2) is 7.72. The van der Waals surface area contributed by atoms with E-state index in [4.69, 9.17) is 4.42 Å². The molecule has 4 rings (SSSR count). The Bertz CT molecular complexity index is 998. The first-order valence-electron chi connectivity index (χ1n) is 9.46. The average Bonchev–Trinajstić information content (AvgIpc) is 2.86. The molecule has 3 aromatic rings. The molecule has 0 atom stereocenters. The molecule has 0 saturated carbocycles. The number of carbonyl (C=O) groups is 1. The SMILES string of the molecule is Cc1c(C(=O)N2CCCN(Cc3ccc(F)cc3)CC2)oc2ccc(F)cc12. The van der Waals surface area contributed by atoms with Crippen molar-refractivity contribution < 1.29 is 18.0 Å². The van der Waals surface area contributed by atoms with Crippen LogP contribution in [-0.2, 0) is 6.54 Å². The van der Waals surface area contributed by atoms with E-state index in [-0.39, 0.29) is 23.3 Å². The van der Waals surface area contributed by atoms with Crippen LogP contribution in [0.15, 0.2) is 46.9 Å². The Morgan fingerprint density at radius 1 is 1.00 bits per heavy atom. The number of hydrogen-bond donors (Lipinski definition) is 0. The van der Waals surface area contributed by atoms with Crippen molar-refractivity contribution >= 4 is 16.9 Å². The molecule has 146 valence electrons. The van der Waals surface area contributed by atoms with E-state index in [1.54, 1.807) is 30.0 Å². The van der Waals surface area contributed by atoms with E-state index in [9.17, 15) is 13.6 Å². The summed E-state index contributed by atoms with van der Waals surface area (Å²) >= 11 is 0. The lowest BCUT2D eigenvalue weighted by molar-refractivity contribution is 0.0730. The number of furan rings is 1. The first-order valence-corrected chi connectivity index (χ1v) is 9.46. The van der Waals surface area contributed by atoms with Gasteiger partial charge >= 0.3 is 0 Å².